The van der Waals surface area contributed by atoms with Gasteiger partial charge in [0.25, 0.3) is 0 Å². The van der Waals surface area contributed by atoms with Crippen LogP contribution in [0, 0.1) is 0 Å². The molecule has 0 aliphatic carbocycles. The van der Waals surface area contributed by atoms with Gasteiger partial charge in [0.2, 0.25) is 5.91 Å². The summed E-state index contributed by atoms with van der Waals surface area (Å²) in [6.07, 6.45) is 0.387. The molecule has 0 spiro atoms. The maximum atomic E-state index is 11.7. The quantitative estimate of drug-likeness (QED) is 0.855. The van der Waals surface area contributed by atoms with Gasteiger partial charge in [0.15, 0.2) is 0 Å². The van der Waals surface area contributed by atoms with Crippen LogP contribution < -0.4 is 5.32 Å². The van der Waals surface area contributed by atoms with Crippen molar-refractivity contribution >= 4 is 28.9 Å². The topological polar surface area (TPSA) is 41.5 Å². The Hall–Kier alpha value is -2.13. The predicted molar refractivity (Wildman–Crippen MR) is 81.6 cm³/mol. The molecule has 3 nitrogen and oxygen atoms in total. The first kappa shape index (κ1) is 12.9. The summed E-state index contributed by atoms with van der Waals surface area (Å²) in [6.45, 7) is 0.474. The fourth-order valence-electron chi connectivity index (χ4n) is 2.23. The number of benzene rings is 2. The Morgan fingerprint density at radius 2 is 1.90 bits per heavy atom. The molecule has 0 unspecified atom stereocenters. The molecule has 3 rings (SSSR count). The Morgan fingerprint density at radius 3 is 2.70 bits per heavy atom. The smallest absolute Gasteiger partial charge is 0.226 e. The Labute approximate surface area is 122 Å². The second-order valence-corrected chi connectivity index (χ2v) is 5.02. The number of nitrogens with zero attached hydrogens (tertiary/aromatic N) is 1. The molecule has 0 radical (unpaired) electrons. The zero-order chi connectivity index (χ0) is 13.9. The summed E-state index contributed by atoms with van der Waals surface area (Å²) >= 11 is 6.09. The third kappa shape index (κ3) is 2.58. The van der Waals surface area contributed by atoms with Crippen LogP contribution in [-0.4, -0.2) is 18.2 Å². The maximum absolute atomic E-state index is 11.7. The molecule has 20 heavy (non-hydrogen) atoms. The summed E-state index contributed by atoms with van der Waals surface area (Å²) < 4.78 is 0. The molecule has 100 valence electrons. The lowest BCUT2D eigenvalue weighted by Gasteiger charge is -2.16. The zero-order valence-corrected chi connectivity index (χ0v) is 11.5. The Bertz CT molecular complexity index is 680. The highest BCUT2D eigenvalue weighted by atomic mass is 35.5. The van der Waals surface area contributed by atoms with Gasteiger partial charge in [0.1, 0.15) is 0 Å². The van der Waals surface area contributed by atoms with Crippen molar-refractivity contribution in [1.82, 2.24) is 0 Å². The molecule has 0 saturated heterocycles. The molecule has 0 aromatic heterocycles. The number of carbonyl (C=O) groups is 1. The second-order valence-electron chi connectivity index (χ2n) is 4.58. The van der Waals surface area contributed by atoms with Crippen LogP contribution in [0.15, 0.2) is 53.5 Å². The number of fused-ring (bicyclic) bond motifs is 1. The predicted octanol–water partition coefficient (Wildman–Crippen LogP) is 3.52. The molecule has 0 saturated carbocycles. The molecule has 1 amide bonds. The average Bonchev–Trinajstić information content (AvgIpc) is 2.45. The van der Waals surface area contributed by atoms with Gasteiger partial charge < -0.3 is 5.32 Å². The van der Waals surface area contributed by atoms with Crippen LogP contribution in [0.3, 0.4) is 0 Å². The van der Waals surface area contributed by atoms with Crippen molar-refractivity contribution < 1.29 is 4.79 Å². The van der Waals surface area contributed by atoms with E-state index in [1.165, 1.54) is 0 Å². The van der Waals surface area contributed by atoms with Crippen LogP contribution in [0.25, 0.3) is 0 Å². The molecular formula is C16H13ClN2O. The van der Waals surface area contributed by atoms with E-state index < -0.39 is 0 Å². The van der Waals surface area contributed by atoms with Crippen molar-refractivity contribution in [3.63, 3.8) is 0 Å². The van der Waals surface area contributed by atoms with Crippen LogP contribution >= 0.6 is 11.6 Å². The number of aliphatic imine (C=N–C) groups is 1. The van der Waals surface area contributed by atoms with E-state index in [1.54, 1.807) is 6.07 Å². The van der Waals surface area contributed by atoms with Crippen molar-refractivity contribution in [2.45, 2.75) is 6.42 Å². The highest BCUT2D eigenvalue weighted by Crippen LogP contribution is 2.25. The molecule has 2 aromatic rings. The van der Waals surface area contributed by atoms with Gasteiger partial charge in [0, 0.05) is 29.1 Å². The summed E-state index contributed by atoms with van der Waals surface area (Å²) in [5.74, 6) is -0.0237. The number of amides is 1. The molecule has 1 aliphatic heterocycles. The second kappa shape index (κ2) is 5.47. The van der Waals surface area contributed by atoms with Crippen molar-refractivity contribution in [2.75, 3.05) is 11.9 Å². The van der Waals surface area contributed by atoms with E-state index in [0.717, 1.165) is 22.5 Å². The summed E-state index contributed by atoms with van der Waals surface area (Å²) in [6, 6.07) is 15.4. The van der Waals surface area contributed by atoms with Gasteiger partial charge in [-0.3, -0.25) is 9.79 Å². The van der Waals surface area contributed by atoms with Crippen molar-refractivity contribution in [2.24, 2.45) is 4.99 Å². The molecule has 0 bridgehead atoms. The van der Waals surface area contributed by atoms with Crippen LogP contribution in [-0.2, 0) is 4.79 Å². The fraction of sp³-hybridized carbons (Fsp3) is 0.125. The largest absolute Gasteiger partial charge is 0.325 e. The molecule has 0 atom stereocenters. The van der Waals surface area contributed by atoms with Gasteiger partial charge in [-0.05, 0) is 18.2 Å². The Kier molecular flexibility index (Phi) is 3.52. The number of hydrogen-bond acceptors (Lipinski definition) is 2. The average molecular weight is 285 g/mol. The normalized spacial score (nSPS) is 14.7. The minimum absolute atomic E-state index is 0.0237. The molecule has 2 aromatic carbocycles. The van der Waals surface area contributed by atoms with Gasteiger partial charge in [-0.15, -0.1) is 0 Å². The zero-order valence-electron chi connectivity index (χ0n) is 10.8. The molecule has 1 aliphatic rings. The van der Waals surface area contributed by atoms with Crippen molar-refractivity contribution in [3.05, 3.63) is 64.7 Å². The summed E-state index contributed by atoms with van der Waals surface area (Å²) in [5, 5.41) is 3.54. The molecular weight excluding hydrogens is 272 g/mol. The lowest BCUT2D eigenvalue weighted by molar-refractivity contribution is -0.116. The van der Waals surface area contributed by atoms with Crippen LogP contribution in [0.1, 0.15) is 17.5 Å². The number of hydrogen-bond donors (Lipinski definition) is 1. The lowest BCUT2D eigenvalue weighted by Crippen LogP contribution is -2.19. The van der Waals surface area contributed by atoms with Crippen molar-refractivity contribution in [3.8, 4) is 0 Å². The van der Waals surface area contributed by atoms with E-state index >= 15 is 0 Å². The van der Waals surface area contributed by atoms with Gasteiger partial charge >= 0.3 is 0 Å². The first-order chi connectivity index (χ1) is 9.74. The molecule has 1 N–H and O–H groups in total. The van der Waals surface area contributed by atoms with Crippen LogP contribution in [0.2, 0.25) is 5.02 Å². The Morgan fingerprint density at radius 1 is 1.10 bits per heavy atom. The van der Waals surface area contributed by atoms with Crippen molar-refractivity contribution in [1.29, 1.82) is 0 Å². The van der Waals surface area contributed by atoms with Crippen LogP contribution in [0.4, 0.5) is 5.69 Å². The maximum Gasteiger partial charge on any atom is 0.226 e. The molecule has 4 heteroatoms. The number of carbonyl (C=O) groups excluding carboxylic acids is 1. The first-order valence-corrected chi connectivity index (χ1v) is 6.81. The number of halogens is 1. The van der Waals surface area contributed by atoms with Gasteiger partial charge in [-0.25, -0.2) is 0 Å². The minimum atomic E-state index is -0.0237. The SMILES string of the molecule is O=C1CCN=C(c2ccccc2)c2cc(Cl)ccc2N1. The molecule has 1 heterocycles. The van der Waals surface area contributed by atoms with E-state index in [9.17, 15) is 4.79 Å². The number of rotatable bonds is 1. The third-order valence-electron chi connectivity index (χ3n) is 3.17. The van der Waals surface area contributed by atoms with E-state index in [4.69, 9.17) is 11.6 Å². The standard InChI is InChI=1S/C16H13ClN2O/c17-12-6-7-14-13(10-12)16(11-4-2-1-3-5-11)18-9-8-15(20)19-14/h1-7,10H,8-9H2,(H,19,20). The summed E-state index contributed by atoms with van der Waals surface area (Å²) in [5.41, 5.74) is 3.49. The van der Waals surface area contributed by atoms with E-state index in [-0.39, 0.29) is 5.91 Å². The fourth-order valence-corrected chi connectivity index (χ4v) is 2.40. The highest BCUT2D eigenvalue weighted by Gasteiger charge is 2.16. The third-order valence-corrected chi connectivity index (χ3v) is 3.40. The van der Waals surface area contributed by atoms with Crippen LogP contribution in [0.5, 0.6) is 0 Å². The summed E-state index contributed by atoms with van der Waals surface area (Å²) in [4.78, 5) is 16.3. The summed E-state index contributed by atoms with van der Waals surface area (Å²) in [7, 11) is 0. The highest BCUT2D eigenvalue weighted by molar-refractivity contribution is 6.31. The molecule has 0 fully saturated rings. The number of nitrogens with one attached hydrogen (secondary N) is 1. The number of anilines is 1. The Balaban J connectivity index is 2.17. The van der Waals surface area contributed by atoms with E-state index in [0.29, 0.717) is 18.0 Å². The van der Waals surface area contributed by atoms with Gasteiger partial charge in [-0.1, -0.05) is 41.9 Å². The van der Waals surface area contributed by atoms with Gasteiger partial charge in [-0.2, -0.15) is 0 Å². The first-order valence-electron chi connectivity index (χ1n) is 6.44. The van der Waals surface area contributed by atoms with E-state index in [1.807, 2.05) is 42.5 Å². The minimum Gasteiger partial charge on any atom is -0.325 e. The lowest BCUT2D eigenvalue weighted by atomic mass is 9.99. The van der Waals surface area contributed by atoms with Gasteiger partial charge in [0.05, 0.1) is 11.4 Å². The van der Waals surface area contributed by atoms with E-state index in [2.05, 4.69) is 10.3 Å². The monoisotopic (exact) mass is 284 g/mol.